The van der Waals surface area contributed by atoms with Gasteiger partial charge in [0.25, 0.3) is 0 Å². The normalized spacial score (nSPS) is 17.2. The van der Waals surface area contributed by atoms with E-state index in [1.807, 2.05) is 32.0 Å². The zero-order valence-corrected chi connectivity index (χ0v) is 9.29. The second kappa shape index (κ2) is 3.62. The van der Waals surface area contributed by atoms with Crippen LogP contribution in [-0.4, -0.2) is 6.10 Å². The van der Waals surface area contributed by atoms with E-state index in [0.717, 1.165) is 18.6 Å². The molecule has 0 amide bonds. The zero-order valence-electron chi connectivity index (χ0n) is 9.29. The molecule has 0 aromatic heterocycles. The predicted molar refractivity (Wildman–Crippen MR) is 62.0 cm³/mol. The maximum Gasteiger partial charge on any atom is 0.124 e. The van der Waals surface area contributed by atoms with Crippen LogP contribution in [0.15, 0.2) is 24.3 Å². The molecule has 1 nitrogen and oxygen atoms in total. The van der Waals surface area contributed by atoms with Gasteiger partial charge in [-0.25, -0.2) is 0 Å². The number of hydrogen-bond donors (Lipinski definition) is 0. The van der Waals surface area contributed by atoms with Crippen LogP contribution in [0.25, 0.3) is 0 Å². The summed E-state index contributed by atoms with van der Waals surface area (Å²) in [6.45, 7) is 4.07. The average molecular weight is 200 g/mol. The second-order valence-electron chi connectivity index (χ2n) is 4.39. The lowest BCUT2D eigenvalue weighted by molar-refractivity contribution is 0.239. The highest BCUT2D eigenvalue weighted by Gasteiger charge is 2.44. The minimum Gasteiger partial charge on any atom is -0.491 e. The van der Waals surface area contributed by atoms with E-state index in [1.54, 1.807) is 0 Å². The Morgan fingerprint density at radius 2 is 2.00 bits per heavy atom. The molecule has 1 aromatic carbocycles. The molecule has 0 aliphatic heterocycles. The highest BCUT2D eigenvalue weighted by Crippen LogP contribution is 2.50. The lowest BCUT2D eigenvalue weighted by Crippen LogP contribution is -2.11. The molecule has 0 spiro atoms. The third-order valence-corrected chi connectivity index (χ3v) is 2.79. The molecule has 1 aliphatic carbocycles. The Morgan fingerprint density at radius 3 is 2.53 bits per heavy atom. The molecule has 0 radical (unpaired) electrons. The first-order chi connectivity index (χ1) is 7.18. The fourth-order valence-corrected chi connectivity index (χ4v) is 1.84. The van der Waals surface area contributed by atoms with Crippen LogP contribution in [0, 0.1) is 12.3 Å². The minimum atomic E-state index is -0.0362. The van der Waals surface area contributed by atoms with E-state index < -0.39 is 0 Å². The summed E-state index contributed by atoms with van der Waals surface area (Å²) in [4.78, 5) is 0. The number of para-hydroxylation sites is 1. The van der Waals surface area contributed by atoms with Gasteiger partial charge in [0.1, 0.15) is 5.75 Å². The largest absolute Gasteiger partial charge is 0.491 e. The van der Waals surface area contributed by atoms with Crippen molar-refractivity contribution in [1.29, 1.82) is 0 Å². The number of terminal acetylenes is 1. The lowest BCUT2D eigenvalue weighted by Gasteiger charge is -2.17. The third-order valence-electron chi connectivity index (χ3n) is 2.79. The smallest absolute Gasteiger partial charge is 0.124 e. The summed E-state index contributed by atoms with van der Waals surface area (Å²) in [5, 5.41) is 0. The van der Waals surface area contributed by atoms with Crippen LogP contribution in [-0.2, 0) is 5.41 Å². The number of ether oxygens (including phenoxy) is 1. The van der Waals surface area contributed by atoms with Crippen molar-refractivity contribution in [1.82, 2.24) is 0 Å². The molecule has 2 rings (SSSR count). The van der Waals surface area contributed by atoms with Crippen molar-refractivity contribution in [2.75, 3.05) is 0 Å². The molecule has 0 unspecified atom stereocenters. The fraction of sp³-hybridized carbons (Fsp3) is 0.429. The maximum absolute atomic E-state index is 5.78. The fourth-order valence-electron chi connectivity index (χ4n) is 1.84. The molecule has 1 aromatic rings. The Labute approximate surface area is 91.5 Å². The van der Waals surface area contributed by atoms with Crippen molar-refractivity contribution in [2.45, 2.75) is 38.2 Å². The zero-order chi connectivity index (χ0) is 10.9. The minimum absolute atomic E-state index is 0.0362. The molecule has 1 fully saturated rings. The van der Waals surface area contributed by atoms with Gasteiger partial charge in [-0.15, -0.1) is 6.42 Å². The third kappa shape index (κ3) is 1.85. The van der Waals surface area contributed by atoms with Gasteiger partial charge in [0.2, 0.25) is 0 Å². The Hall–Kier alpha value is -1.42. The van der Waals surface area contributed by atoms with Crippen LogP contribution in [0.3, 0.4) is 0 Å². The first kappa shape index (κ1) is 10.1. The number of benzene rings is 1. The van der Waals surface area contributed by atoms with Gasteiger partial charge in [-0.1, -0.05) is 24.1 Å². The van der Waals surface area contributed by atoms with Crippen molar-refractivity contribution in [3.05, 3.63) is 29.8 Å². The SMILES string of the molecule is C#CC1(c2ccccc2OC(C)C)CC1. The van der Waals surface area contributed by atoms with Gasteiger partial charge >= 0.3 is 0 Å². The molecule has 0 heterocycles. The highest BCUT2D eigenvalue weighted by atomic mass is 16.5. The topological polar surface area (TPSA) is 9.23 Å². The standard InChI is InChI=1S/C14H16O/c1-4-14(9-10-14)12-7-5-6-8-13(12)15-11(2)3/h1,5-8,11H,9-10H2,2-3H3. The van der Waals surface area contributed by atoms with Crippen molar-refractivity contribution in [2.24, 2.45) is 0 Å². The molecular formula is C14H16O. The Kier molecular flexibility index (Phi) is 2.44. The second-order valence-corrected chi connectivity index (χ2v) is 4.39. The summed E-state index contributed by atoms with van der Waals surface area (Å²) in [6, 6.07) is 8.12. The van der Waals surface area contributed by atoms with Crippen molar-refractivity contribution in [3.8, 4) is 18.1 Å². The molecule has 15 heavy (non-hydrogen) atoms. The molecule has 1 saturated carbocycles. The first-order valence-corrected chi connectivity index (χ1v) is 5.42. The van der Waals surface area contributed by atoms with Crippen LogP contribution in [0.2, 0.25) is 0 Å². The highest BCUT2D eigenvalue weighted by molar-refractivity contribution is 5.49. The van der Waals surface area contributed by atoms with Crippen LogP contribution in [0.5, 0.6) is 5.75 Å². The van der Waals surface area contributed by atoms with Gasteiger partial charge in [0.05, 0.1) is 11.5 Å². The summed E-state index contributed by atoms with van der Waals surface area (Å²) in [7, 11) is 0. The average Bonchev–Trinajstić information content (AvgIpc) is 2.98. The quantitative estimate of drug-likeness (QED) is 0.681. The molecule has 78 valence electrons. The van der Waals surface area contributed by atoms with Gasteiger partial charge in [0.15, 0.2) is 0 Å². The van der Waals surface area contributed by atoms with E-state index in [4.69, 9.17) is 11.2 Å². The van der Waals surface area contributed by atoms with Gasteiger partial charge < -0.3 is 4.74 Å². The summed E-state index contributed by atoms with van der Waals surface area (Å²) < 4.78 is 5.78. The summed E-state index contributed by atoms with van der Waals surface area (Å²) in [5.74, 6) is 3.85. The molecular weight excluding hydrogens is 184 g/mol. The summed E-state index contributed by atoms with van der Waals surface area (Å²) in [5.41, 5.74) is 1.15. The lowest BCUT2D eigenvalue weighted by atomic mass is 9.96. The van der Waals surface area contributed by atoms with E-state index in [0.29, 0.717) is 0 Å². The van der Waals surface area contributed by atoms with E-state index >= 15 is 0 Å². The van der Waals surface area contributed by atoms with Crippen LogP contribution in [0.1, 0.15) is 32.3 Å². The van der Waals surface area contributed by atoms with Gasteiger partial charge in [-0.05, 0) is 32.8 Å². The van der Waals surface area contributed by atoms with E-state index in [9.17, 15) is 0 Å². The molecule has 1 heteroatoms. The van der Waals surface area contributed by atoms with E-state index in [2.05, 4.69) is 12.0 Å². The van der Waals surface area contributed by atoms with Gasteiger partial charge in [-0.3, -0.25) is 0 Å². The Bertz CT molecular complexity index is 394. The Morgan fingerprint density at radius 1 is 1.33 bits per heavy atom. The monoisotopic (exact) mass is 200 g/mol. The first-order valence-electron chi connectivity index (χ1n) is 5.42. The summed E-state index contributed by atoms with van der Waals surface area (Å²) in [6.07, 6.45) is 7.96. The maximum atomic E-state index is 5.78. The number of hydrogen-bond acceptors (Lipinski definition) is 1. The van der Waals surface area contributed by atoms with Gasteiger partial charge in [-0.2, -0.15) is 0 Å². The van der Waals surface area contributed by atoms with E-state index in [-0.39, 0.29) is 11.5 Å². The van der Waals surface area contributed by atoms with Crippen LogP contribution in [0.4, 0.5) is 0 Å². The van der Waals surface area contributed by atoms with Crippen molar-refractivity contribution >= 4 is 0 Å². The number of rotatable bonds is 3. The van der Waals surface area contributed by atoms with Crippen molar-refractivity contribution in [3.63, 3.8) is 0 Å². The predicted octanol–water partition coefficient (Wildman–Crippen LogP) is 3.14. The van der Waals surface area contributed by atoms with E-state index in [1.165, 1.54) is 5.56 Å². The summed E-state index contributed by atoms with van der Waals surface area (Å²) >= 11 is 0. The van der Waals surface area contributed by atoms with Gasteiger partial charge in [0, 0.05) is 5.56 Å². The Balaban J connectivity index is 2.35. The molecule has 0 atom stereocenters. The molecule has 0 saturated heterocycles. The van der Waals surface area contributed by atoms with Crippen LogP contribution < -0.4 is 4.74 Å². The van der Waals surface area contributed by atoms with Crippen LogP contribution >= 0.6 is 0 Å². The molecule has 1 aliphatic rings. The molecule has 0 N–H and O–H groups in total. The van der Waals surface area contributed by atoms with Crippen molar-refractivity contribution < 1.29 is 4.74 Å². The molecule has 0 bridgehead atoms.